The Morgan fingerprint density at radius 3 is 0.569 bits per heavy atom. The van der Waals surface area contributed by atoms with Gasteiger partial charge in [-0.15, -0.1) is 20.5 Å². The molecule has 0 bridgehead atoms. The van der Waals surface area contributed by atoms with Crippen LogP contribution in [0.1, 0.15) is 79.6 Å². The third-order valence-corrected chi connectivity index (χ3v) is 10.3. The first-order valence-corrected chi connectivity index (χ1v) is 20.6. The van der Waals surface area contributed by atoms with Gasteiger partial charge in [0.1, 0.15) is 0 Å². The number of rotatable bonds is 4. The first-order chi connectivity index (χ1) is 22.5. The average Bonchev–Trinajstić information content (AvgIpc) is 3.67. The molecule has 288 valence electrons. The first-order valence-electron chi connectivity index (χ1n) is 14.7. The minimum absolute atomic E-state index is 0. The van der Waals surface area contributed by atoms with Crippen molar-refractivity contribution >= 4 is 82.9 Å². The zero-order valence-electron chi connectivity index (χ0n) is 30.9. The van der Waals surface area contributed by atoms with Gasteiger partial charge in [-0.1, -0.05) is 0 Å². The van der Waals surface area contributed by atoms with E-state index in [1.165, 1.54) is 18.9 Å². The molecule has 4 aromatic heterocycles. The predicted octanol–water partition coefficient (Wildman–Crippen LogP) is -10.8. The molecule has 0 N–H and O–H groups in total. The zero-order chi connectivity index (χ0) is 39.9. The monoisotopic (exact) mass is 1080 g/mol. The van der Waals surface area contributed by atoms with Gasteiger partial charge in [-0.05, 0) is 0 Å². The van der Waals surface area contributed by atoms with Crippen LogP contribution in [0.5, 0.6) is 0 Å². The summed E-state index contributed by atoms with van der Waals surface area (Å²) in [5.41, 5.74) is 0. The van der Waals surface area contributed by atoms with Crippen molar-refractivity contribution in [1.29, 1.82) is 0 Å². The van der Waals surface area contributed by atoms with Crippen LogP contribution >= 0.6 is 0 Å². The van der Waals surface area contributed by atoms with Crippen LogP contribution in [0.3, 0.4) is 0 Å². The van der Waals surface area contributed by atoms with E-state index in [0.29, 0.717) is 24.2 Å². The number of hydrogen-bond donors (Lipinski definition) is 0. The molecule has 4 heterocycles. The van der Waals surface area contributed by atoms with E-state index in [1.54, 1.807) is 0 Å². The molecule has 0 saturated heterocycles. The zero-order valence-corrected chi connectivity index (χ0v) is 42.2. The fourth-order valence-corrected chi connectivity index (χ4v) is 6.29. The summed E-state index contributed by atoms with van der Waals surface area (Å²) in [5.74, 6) is 0. The summed E-state index contributed by atoms with van der Waals surface area (Å²) in [7, 11) is -1.76. The molecule has 23 heteroatoms. The Morgan fingerprint density at radius 1 is 0.412 bits per heavy atom. The molecule has 0 atom stereocenters. The Hall–Kier alpha value is -0.199. The van der Waals surface area contributed by atoms with Gasteiger partial charge in [-0.25, -0.2) is 37.3 Å². The quantitative estimate of drug-likeness (QED) is 0.141. The smallest absolute Gasteiger partial charge is 0.222 e. The Kier molecular flexibility index (Phi) is 27.9. The summed E-state index contributed by atoms with van der Waals surface area (Å²) in [6.07, 6.45) is 16.5. The molecule has 4 rings (SSSR count). The van der Waals surface area contributed by atoms with Gasteiger partial charge in [0.05, 0.1) is 0 Å². The Bertz CT molecular complexity index is 1310. The molecule has 16 nitrogen and oxygen atoms in total. The van der Waals surface area contributed by atoms with Gasteiger partial charge in [0.2, 0.25) is 0 Å². The molecule has 0 aliphatic heterocycles. The summed E-state index contributed by atoms with van der Waals surface area (Å²) in [6, 6.07) is 2.16. The van der Waals surface area contributed by atoms with Crippen molar-refractivity contribution in [2.75, 3.05) is 0 Å². The molecule has 0 radical (unpaired) electrons. The Labute approximate surface area is 351 Å². The van der Waals surface area contributed by atoms with Crippen LogP contribution in [0.2, 0.25) is 0 Å². The number of halogens is 2. The third kappa shape index (κ3) is 24.8. The summed E-state index contributed by atoms with van der Waals surface area (Å²) < 4.78 is 89.7. The molecule has 0 aliphatic carbocycles. The third-order valence-electron chi connectivity index (χ3n) is 6.12. The molecule has 0 saturated carbocycles. The van der Waals surface area contributed by atoms with Crippen LogP contribution in [-0.4, -0.2) is 82.3 Å². The van der Waals surface area contributed by atoms with Crippen LogP contribution < -0.4 is 74.4 Å². The van der Waals surface area contributed by atoms with Crippen molar-refractivity contribution in [3.8, 4) is 0 Å². The maximum Gasteiger partial charge on any atom is 2.00 e. The van der Waals surface area contributed by atoms with E-state index in [0.717, 1.165) is 0 Å². The minimum atomic E-state index is -4.94. The van der Waals surface area contributed by atoms with Gasteiger partial charge in [-0.3, -0.25) is 0 Å². The van der Waals surface area contributed by atoms with E-state index >= 15 is 0 Å². The van der Waals surface area contributed by atoms with Crippen LogP contribution in [0.4, 0.5) is 0 Å². The average molecular weight is 1080 g/mol. The molecule has 0 fully saturated rings. The van der Waals surface area contributed by atoms with Gasteiger partial charge in [-0.2, -0.15) is 0 Å². The summed E-state index contributed by atoms with van der Waals surface area (Å²) >= 11 is 12.1. The second kappa shape index (κ2) is 25.8. The van der Waals surface area contributed by atoms with Crippen molar-refractivity contribution < 1.29 is 95.5 Å². The molecule has 0 spiro atoms. The van der Waals surface area contributed by atoms with Crippen molar-refractivity contribution in [3.63, 3.8) is 0 Å². The minimum Gasteiger partial charge on any atom is -0.222 e. The van der Waals surface area contributed by atoms with Crippen molar-refractivity contribution in [1.82, 2.24) is 18.3 Å². The van der Waals surface area contributed by atoms with Crippen molar-refractivity contribution in [2.45, 2.75) is 79.6 Å². The molecular weight excluding hydrogens is 1030 g/mol. The van der Waals surface area contributed by atoms with Crippen LogP contribution in [0.15, 0.2) is 49.6 Å². The van der Waals surface area contributed by atoms with E-state index < -0.39 is 20.5 Å². The van der Waals surface area contributed by atoms with Crippen LogP contribution in [0, 0.1) is 20.5 Å². The van der Waals surface area contributed by atoms with Crippen LogP contribution in [0.25, 0.3) is 0 Å². The summed E-state index contributed by atoms with van der Waals surface area (Å²) in [4.78, 5) is 0. The fourth-order valence-electron chi connectivity index (χ4n) is 3.50. The Balaban J connectivity index is -0.000000552. The molecule has 0 aliphatic rings. The molecule has 4 aromatic rings. The molecule has 0 unspecified atom stereocenters. The number of imidazole rings is 4. The number of aromatic nitrogens is 8. The molecular formula is C28H48Cl2N8O8Se4Zn. The van der Waals surface area contributed by atoms with Gasteiger partial charge < -0.3 is 0 Å². The molecule has 51 heavy (non-hydrogen) atoms. The summed E-state index contributed by atoms with van der Waals surface area (Å²) in [5, 5.41) is 0. The molecule has 0 amide bonds. The fraction of sp³-hybridized carbons (Fsp3) is 0.571. The van der Waals surface area contributed by atoms with Gasteiger partial charge in [0.25, 0.3) is 0 Å². The maximum absolute atomic E-state index is 8.49. The molecule has 0 aromatic carbocycles. The second-order valence-electron chi connectivity index (χ2n) is 11.5. The van der Waals surface area contributed by atoms with E-state index in [2.05, 4.69) is 181 Å². The van der Waals surface area contributed by atoms with Crippen LogP contribution in [-0.2, 0) is 47.7 Å². The number of nitrogens with zero attached hydrogens (tertiary/aromatic N) is 8. The predicted molar refractivity (Wildman–Crippen MR) is 166 cm³/mol. The van der Waals surface area contributed by atoms with E-state index in [4.69, 9.17) is 37.3 Å². The normalized spacial score (nSPS) is 10.8. The number of aryl methyl sites for hydroxylation is 4. The van der Waals surface area contributed by atoms with Crippen molar-refractivity contribution in [3.05, 3.63) is 49.6 Å². The van der Waals surface area contributed by atoms with Gasteiger partial charge in [0, 0.05) is 0 Å². The first kappa shape index (κ1) is 55.1. The van der Waals surface area contributed by atoms with E-state index in [1.807, 2.05) is 53.0 Å². The largest absolute Gasteiger partial charge is 2.00 e. The van der Waals surface area contributed by atoms with Gasteiger partial charge >= 0.3 is 296 Å². The Morgan fingerprint density at radius 2 is 0.529 bits per heavy atom. The van der Waals surface area contributed by atoms with E-state index in [-0.39, 0.29) is 19.5 Å². The number of hydrogen-bond acceptors (Lipinski definition) is 8. The summed E-state index contributed by atoms with van der Waals surface area (Å²) in [6.45, 7) is 17.3. The van der Waals surface area contributed by atoms with Crippen molar-refractivity contribution in [2.24, 2.45) is 28.2 Å². The van der Waals surface area contributed by atoms with Gasteiger partial charge in [0.15, 0.2) is 0 Å². The topological polar surface area (TPSA) is 220 Å². The second-order valence-corrected chi connectivity index (χ2v) is 16.1. The standard InChI is InChI=1S/4C7H12N2Se.2ClHO4.Zn/c4*1-6(2)9-5-4-8(3)7(9)10;2*2-1(3,4)5;/h4*4-6H,1-3H3;2*(H,2,3,4,5);/q;;;;;;+2/p-2. The maximum atomic E-state index is 8.49. The SMILES string of the molecule is CC(C)n1cc[n+](C)c1[Se-].CC(C)n1cc[n+](C)c1[Se-].CC(C)n1cc[n+](C)c1[Se-].CC(C)n1cc[n+](C)c1[Se-].[O-][Cl+3]([O-])([O-])[O-].[O-][Cl+3]([O-])([O-])[O-].[Zn+2]. The van der Waals surface area contributed by atoms with E-state index in [9.17, 15) is 0 Å².